The summed E-state index contributed by atoms with van der Waals surface area (Å²) in [6, 6.07) is 0. The van der Waals surface area contributed by atoms with Crippen LogP contribution in [0.25, 0.3) is 0 Å². The van der Waals surface area contributed by atoms with Crippen molar-refractivity contribution in [2.75, 3.05) is 6.54 Å². The third-order valence-corrected chi connectivity index (χ3v) is 4.62. The maximum atomic E-state index is 12.0. The molecule has 1 saturated carbocycles. The first kappa shape index (κ1) is 18.0. The Labute approximate surface area is 128 Å². The van der Waals surface area contributed by atoms with Crippen LogP contribution in [0.3, 0.4) is 0 Å². The van der Waals surface area contributed by atoms with E-state index in [0.29, 0.717) is 19.4 Å². The lowest BCUT2D eigenvalue weighted by Gasteiger charge is -2.32. The van der Waals surface area contributed by atoms with Crippen LogP contribution in [-0.4, -0.2) is 23.5 Å². The van der Waals surface area contributed by atoms with Crippen molar-refractivity contribution in [1.82, 2.24) is 5.32 Å². The molecule has 122 valence electrons. The maximum absolute atomic E-state index is 12.0. The molecular weight excluding hydrogens is 266 g/mol. The summed E-state index contributed by atoms with van der Waals surface area (Å²) in [7, 11) is 0. The number of amides is 1. The van der Waals surface area contributed by atoms with Gasteiger partial charge in [0.25, 0.3) is 0 Å². The lowest BCUT2D eigenvalue weighted by atomic mass is 9.71. The van der Waals surface area contributed by atoms with Gasteiger partial charge in [0.1, 0.15) is 0 Å². The van der Waals surface area contributed by atoms with Crippen molar-refractivity contribution in [3.63, 3.8) is 0 Å². The standard InChI is InChI=1S/C17H31NO3/c1-2-3-4-5-6-10-13-18-15(19)14-17(16(20)21)11-8-7-9-12-17/h2-14H2,1H3,(H,18,19)(H,20,21). The van der Waals surface area contributed by atoms with Crippen molar-refractivity contribution in [1.29, 1.82) is 0 Å². The number of aliphatic carboxylic acids is 1. The molecule has 0 aromatic carbocycles. The zero-order chi connectivity index (χ0) is 15.6. The van der Waals surface area contributed by atoms with E-state index in [9.17, 15) is 14.7 Å². The van der Waals surface area contributed by atoms with Gasteiger partial charge in [-0.3, -0.25) is 9.59 Å². The first-order chi connectivity index (χ1) is 10.1. The van der Waals surface area contributed by atoms with Gasteiger partial charge in [0, 0.05) is 13.0 Å². The number of rotatable bonds is 10. The molecule has 1 rings (SSSR count). The summed E-state index contributed by atoms with van der Waals surface area (Å²) in [5, 5.41) is 12.3. The van der Waals surface area contributed by atoms with Crippen molar-refractivity contribution in [3.05, 3.63) is 0 Å². The fourth-order valence-corrected chi connectivity index (χ4v) is 3.20. The first-order valence-corrected chi connectivity index (χ1v) is 8.61. The number of carboxylic acid groups (broad SMARTS) is 1. The van der Waals surface area contributed by atoms with E-state index < -0.39 is 11.4 Å². The quantitative estimate of drug-likeness (QED) is 0.601. The summed E-state index contributed by atoms with van der Waals surface area (Å²) >= 11 is 0. The molecular formula is C17H31NO3. The summed E-state index contributed by atoms with van der Waals surface area (Å²) in [6.45, 7) is 2.88. The third kappa shape index (κ3) is 6.49. The Hall–Kier alpha value is -1.06. The summed E-state index contributed by atoms with van der Waals surface area (Å²) in [5.74, 6) is -0.884. The molecule has 4 nitrogen and oxygen atoms in total. The maximum Gasteiger partial charge on any atom is 0.310 e. The van der Waals surface area contributed by atoms with Crippen molar-refractivity contribution < 1.29 is 14.7 Å². The summed E-state index contributed by atoms with van der Waals surface area (Å²) in [6.07, 6.45) is 11.6. The number of nitrogens with one attached hydrogen (secondary N) is 1. The number of carbonyl (C=O) groups excluding carboxylic acids is 1. The van der Waals surface area contributed by atoms with Crippen molar-refractivity contribution >= 4 is 11.9 Å². The fraction of sp³-hybridized carbons (Fsp3) is 0.882. The normalized spacial score (nSPS) is 17.4. The van der Waals surface area contributed by atoms with Crippen LogP contribution >= 0.6 is 0 Å². The van der Waals surface area contributed by atoms with E-state index in [-0.39, 0.29) is 12.3 Å². The second-order valence-electron chi connectivity index (χ2n) is 6.44. The molecule has 1 amide bonds. The first-order valence-electron chi connectivity index (χ1n) is 8.61. The Kier molecular flexibility index (Phi) is 8.40. The van der Waals surface area contributed by atoms with Gasteiger partial charge in [0.2, 0.25) is 5.91 Å². The average molecular weight is 297 g/mol. The topological polar surface area (TPSA) is 66.4 Å². The third-order valence-electron chi connectivity index (χ3n) is 4.62. The molecule has 0 unspecified atom stereocenters. The molecule has 0 spiro atoms. The fourth-order valence-electron chi connectivity index (χ4n) is 3.20. The number of unbranched alkanes of at least 4 members (excludes halogenated alkanes) is 5. The molecule has 0 bridgehead atoms. The largest absolute Gasteiger partial charge is 0.481 e. The smallest absolute Gasteiger partial charge is 0.310 e. The van der Waals surface area contributed by atoms with E-state index in [1.54, 1.807) is 0 Å². The van der Waals surface area contributed by atoms with E-state index in [1.165, 1.54) is 25.7 Å². The Bertz CT molecular complexity index is 322. The average Bonchev–Trinajstić information content (AvgIpc) is 2.47. The van der Waals surface area contributed by atoms with Crippen molar-refractivity contribution in [3.8, 4) is 0 Å². The van der Waals surface area contributed by atoms with Gasteiger partial charge in [0.05, 0.1) is 5.41 Å². The zero-order valence-electron chi connectivity index (χ0n) is 13.5. The molecule has 0 atom stereocenters. The molecule has 4 heteroatoms. The van der Waals surface area contributed by atoms with Gasteiger partial charge in [-0.2, -0.15) is 0 Å². The molecule has 2 N–H and O–H groups in total. The second-order valence-corrected chi connectivity index (χ2v) is 6.44. The Balaban J connectivity index is 2.21. The van der Waals surface area contributed by atoms with Crippen LogP contribution in [-0.2, 0) is 9.59 Å². The van der Waals surface area contributed by atoms with E-state index in [1.807, 2.05) is 0 Å². The van der Waals surface area contributed by atoms with Gasteiger partial charge in [-0.25, -0.2) is 0 Å². The van der Waals surface area contributed by atoms with Crippen LogP contribution in [0.1, 0.15) is 84.0 Å². The lowest BCUT2D eigenvalue weighted by Crippen LogP contribution is -2.39. The number of carboxylic acids is 1. The van der Waals surface area contributed by atoms with Gasteiger partial charge < -0.3 is 10.4 Å². The molecule has 0 aromatic heterocycles. The van der Waals surface area contributed by atoms with Crippen LogP contribution in [0.5, 0.6) is 0 Å². The van der Waals surface area contributed by atoms with Crippen LogP contribution in [0, 0.1) is 5.41 Å². The van der Waals surface area contributed by atoms with Gasteiger partial charge in [-0.05, 0) is 19.3 Å². The minimum absolute atomic E-state index is 0.0899. The van der Waals surface area contributed by atoms with E-state index in [0.717, 1.165) is 32.1 Å². The Morgan fingerprint density at radius 3 is 2.24 bits per heavy atom. The molecule has 0 radical (unpaired) electrons. The highest BCUT2D eigenvalue weighted by Crippen LogP contribution is 2.39. The van der Waals surface area contributed by atoms with Crippen LogP contribution in [0.15, 0.2) is 0 Å². The zero-order valence-corrected chi connectivity index (χ0v) is 13.5. The molecule has 1 fully saturated rings. The molecule has 21 heavy (non-hydrogen) atoms. The molecule has 0 heterocycles. The highest BCUT2D eigenvalue weighted by atomic mass is 16.4. The lowest BCUT2D eigenvalue weighted by molar-refractivity contribution is -0.154. The van der Waals surface area contributed by atoms with E-state index >= 15 is 0 Å². The highest BCUT2D eigenvalue weighted by Gasteiger charge is 2.41. The summed E-state index contributed by atoms with van der Waals surface area (Å²) < 4.78 is 0. The van der Waals surface area contributed by atoms with Crippen LogP contribution in [0.4, 0.5) is 0 Å². The van der Waals surface area contributed by atoms with Crippen molar-refractivity contribution in [2.45, 2.75) is 84.0 Å². The summed E-state index contributed by atoms with van der Waals surface area (Å²) in [5.41, 5.74) is -0.802. The monoisotopic (exact) mass is 297 g/mol. The molecule has 0 saturated heterocycles. The second kappa shape index (κ2) is 9.80. The molecule has 1 aliphatic carbocycles. The van der Waals surface area contributed by atoms with Gasteiger partial charge >= 0.3 is 5.97 Å². The number of hydrogen-bond acceptors (Lipinski definition) is 2. The predicted octanol–water partition coefficient (Wildman–Crippen LogP) is 3.89. The molecule has 0 aromatic rings. The van der Waals surface area contributed by atoms with Crippen LogP contribution in [0.2, 0.25) is 0 Å². The van der Waals surface area contributed by atoms with E-state index in [2.05, 4.69) is 12.2 Å². The highest BCUT2D eigenvalue weighted by molar-refractivity contribution is 5.85. The number of hydrogen-bond donors (Lipinski definition) is 2. The van der Waals surface area contributed by atoms with Gasteiger partial charge in [-0.1, -0.05) is 58.3 Å². The predicted molar refractivity (Wildman–Crippen MR) is 84.2 cm³/mol. The minimum atomic E-state index is -0.802. The number of carbonyl (C=O) groups is 2. The van der Waals surface area contributed by atoms with E-state index in [4.69, 9.17) is 0 Å². The Morgan fingerprint density at radius 1 is 1.00 bits per heavy atom. The summed E-state index contributed by atoms with van der Waals surface area (Å²) in [4.78, 5) is 23.5. The van der Waals surface area contributed by atoms with Gasteiger partial charge in [0.15, 0.2) is 0 Å². The Morgan fingerprint density at radius 2 is 1.62 bits per heavy atom. The molecule has 0 aliphatic heterocycles. The van der Waals surface area contributed by atoms with Crippen LogP contribution < -0.4 is 5.32 Å². The van der Waals surface area contributed by atoms with Crippen molar-refractivity contribution in [2.24, 2.45) is 5.41 Å². The SMILES string of the molecule is CCCCCCCCNC(=O)CC1(C(=O)O)CCCCC1. The van der Waals surface area contributed by atoms with Gasteiger partial charge in [-0.15, -0.1) is 0 Å². The minimum Gasteiger partial charge on any atom is -0.481 e. The molecule has 1 aliphatic rings.